The largest absolute Gasteiger partial charge is 0.506 e. The fourth-order valence-corrected chi connectivity index (χ4v) is 5.28. The first-order chi connectivity index (χ1) is 21.3. The van der Waals surface area contributed by atoms with Crippen LogP contribution in [0.5, 0.6) is 11.5 Å². The number of pyridine rings is 1. The number of aromatic hydroxyl groups is 1. The Labute approximate surface area is 254 Å². The van der Waals surface area contributed by atoms with Gasteiger partial charge in [0.1, 0.15) is 18.1 Å². The predicted octanol–water partition coefficient (Wildman–Crippen LogP) is 5.34. The average Bonchev–Trinajstić information content (AvgIpc) is 3.02. The molecule has 5 aromatic rings. The van der Waals surface area contributed by atoms with Gasteiger partial charge in [0.15, 0.2) is 0 Å². The van der Waals surface area contributed by atoms with Crippen LogP contribution in [0.4, 0.5) is 4.79 Å². The van der Waals surface area contributed by atoms with Gasteiger partial charge in [-0.05, 0) is 77.5 Å². The maximum absolute atomic E-state index is 11.7. The van der Waals surface area contributed by atoms with E-state index in [2.05, 4.69) is 27.8 Å². The monoisotopic (exact) mass is 593 g/mol. The first-order valence-electron chi connectivity index (χ1n) is 14.4. The molecule has 0 bridgehead atoms. The number of aromatic amines is 1. The lowest BCUT2D eigenvalue weighted by Crippen LogP contribution is -2.27. The van der Waals surface area contributed by atoms with Crippen molar-refractivity contribution in [3.63, 3.8) is 0 Å². The first-order valence-corrected chi connectivity index (χ1v) is 14.4. The Morgan fingerprint density at radius 1 is 0.932 bits per heavy atom. The van der Waals surface area contributed by atoms with Crippen molar-refractivity contribution in [1.82, 2.24) is 15.6 Å². The topological polar surface area (TPSA) is 144 Å². The van der Waals surface area contributed by atoms with Gasteiger partial charge in [-0.1, -0.05) is 66.7 Å². The van der Waals surface area contributed by atoms with E-state index in [0.717, 1.165) is 34.2 Å². The molecule has 6 N–H and O–H groups in total. The van der Waals surface area contributed by atoms with Gasteiger partial charge in [0.25, 0.3) is 0 Å². The van der Waals surface area contributed by atoms with Crippen molar-refractivity contribution >= 4 is 17.0 Å². The first kappa shape index (κ1) is 30.3. The standard InChI is InChI=1S/C35H35N3O6/c1-22-18-23(16-17-36-20-31(40)28-12-14-30(39)34-29(28)13-15-32(41)37-34)10-11-26(22)21-44-27-9-5-8-25(19-27)33(38-35(42)43)24-6-3-2-4-7-24/h2-15,18-19,31,33,36,38-40H,16-17,20-21H2,1H3,(H,37,41)(H,42,43). The summed E-state index contributed by atoms with van der Waals surface area (Å²) in [6, 6.07) is 28.7. The number of aryl methyl sites for hydroxylation is 1. The van der Waals surface area contributed by atoms with Gasteiger partial charge in [0.05, 0.1) is 17.7 Å². The molecule has 9 heteroatoms. The Hall–Kier alpha value is -5.12. The van der Waals surface area contributed by atoms with E-state index in [4.69, 9.17) is 4.74 Å². The van der Waals surface area contributed by atoms with Crippen molar-refractivity contribution in [2.45, 2.75) is 32.1 Å². The van der Waals surface area contributed by atoms with Crippen LogP contribution >= 0.6 is 0 Å². The number of benzene rings is 4. The summed E-state index contributed by atoms with van der Waals surface area (Å²) in [6.45, 7) is 3.38. The van der Waals surface area contributed by atoms with E-state index in [1.165, 1.54) is 12.1 Å². The molecule has 0 aliphatic carbocycles. The number of fused-ring (bicyclic) bond motifs is 1. The second-order valence-corrected chi connectivity index (χ2v) is 10.7. The van der Waals surface area contributed by atoms with E-state index < -0.39 is 18.2 Å². The van der Waals surface area contributed by atoms with Gasteiger partial charge in [0, 0.05) is 18.0 Å². The summed E-state index contributed by atoms with van der Waals surface area (Å²) in [5.41, 5.74) is 5.54. The summed E-state index contributed by atoms with van der Waals surface area (Å²) in [5.74, 6) is 0.610. The van der Waals surface area contributed by atoms with E-state index >= 15 is 0 Å². The number of nitrogens with one attached hydrogen (secondary N) is 3. The normalized spacial score (nSPS) is 12.5. The number of H-pyrrole nitrogens is 1. The molecule has 5 rings (SSSR count). The molecular weight excluding hydrogens is 558 g/mol. The Bertz CT molecular complexity index is 1800. The molecule has 0 aliphatic rings. The van der Waals surface area contributed by atoms with Crippen LogP contribution in [0, 0.1) is 6.92 Å². The molecule has 0 fully saturated rings. The Morgan fingerprint density at radius 3 is 2.50 bits per heavy atom. The third kappa shape index (κ3) is 7.44. The van der Waals surface area contributed by atoms with Gasteiger partial charge in [-0.25, -0.2) is 4.79 Å². The fraction of sp³-hybridized carbons (Fsp3) is 0.200. The molecule has 1 heterocycles. The van der Waals surface area contributed by atoms with Crippen LogP contribution in [-0.4, -0.2) is 39.5 Å². The molecule has 4 aromatic carbocycles. The highest BCUT2D eigenvalue weighted by Crippen LogP contribution is 2.29. The zero-order chi connectivity index (χ0) is 31.1. The van der Waals surface area contributed by atoms with E-state index in [1.807, 2.05) is 67.6 Å². The molecule has 0 spiro atoms. The van der Waals surface area contributed by atoms with Gasteiger partial charge < -0.3 is 35.7 Å². The molecule has 0 saturated heterocycles. The van der Waals surface area contributed by atoms with Crippen LogP contribution in [0.3, 0.4) is 0 Å². The highest BCUT2D eigenvalue weighted by molar-refractivity contribution is 5.87. The SMILES string of the molecule is Cc1cc(CCNCC(O)c2ccc(O)c3[nH]c(=O)ccc23)ccc1COc1cccc(C(NC(=O)O)c2ccccc2)c1. The molecule has 226 valence electrons. The van der Waals surface area contributed by atoms with E-state index in [9.17, 15) is 24.9 Å². The smallest absolute Gasteiger partial charge is 0.405 e. The van der Waals surface area contributed by atoms with Crippen LogP contribution in [0.2, 0.25) is 0 Å². The van der Waals surface area contributed by atoms with Gasteiger partial charge in [-0.3, -0.25) is 4.79 Å². The fourth-order valence-electron chi connectivity index (χ4n) is 5.28. The van der Waals surface area contributed by atoms with E-state index in [0.29, 0.717) is 41.9 Å². The number of hydrogen-bond acceptors (Lipinski definition) is 6. The number of carbonyl (C=O) groups is 1. The molecule has 2 atom stereocenters. The molecule has 1 amide bonds. The van der Waals surface area contributed by atoms with E-state index in [1.54, 1.807) is 12.1 Å². The van der Waals surface area contributed by atoms with Gasteiger partial charge in [-0.2, -0.15) is 0 Å². The lowest BCUT2D eigenvalue weighted by atomic mass is 9.98. The molecule has 0 aliphatic heterocycles. The summed E-state index contributed by atoms with van der Waals surface area (Å²) in [6.07, 6.45) is -1.15. The third-order valence-corrected chi connectivity index (χ3v) is 7.59. The van der Waals surface area contributed by atoms with Gasteiger partial charge in [-0.15, -0.1) is 0 Å². The summed E-state index contributed by atoms with van der Waals surface area (Å²) in [7, 11) is 0. The molecule has 9 nitrogen and oxygen atoms in total. The third-order valence-electron chi connectivity index (χ3n) is 7.59. The van der Waals surface area contributed by atoms with Crippen LogP contribution < -0.4 is 20.9 Å². The number of aliphatic hydroxyl groups excluding tert-OH is 1. The number of phenols is 1. The summed E-state index contributed by atoms with van der Waals surface area (Å²) >= 11 is 0. The molecule has 0 radical (unpaired) electrons. The minimum atomic E-state index is -1.10. The van der Waals surface area contributed by atoms with Crippen LogP contribution in [-0.2, 0) is 13.0 Å². The maximum atomic E-state index is 11.7. The molecule has 2 unspecified atom stereocenters. The Balaban J connectivity index is 1.15. The second kappa shape index (κ2) is 13.9. The van der Waals surface area contributed by atoms with Crippen molar-refractivity contribution in [3.05, 3.63) is 141 Å². The van der Waals surface area contributed by atoms with Crippen molar-refractivity contribution < 1.29 is 24.9 Å². The number of rotatable bonds is 12. The number of aliphatic hydroxyl groups is 1. The molecule has 0 saturated carbocycles. The molecule has 44 heavy (non-hydrogen) atoms. The lowest BCUT2D eigenvalue weighted by molar-refractivity contribution is 0.176. The highest BCUT2D eigenvalue weighted by Gasteiger charge is 2.17. The van der Waals surface area contributed by atoms with Crippen molar-refractivity contribution in [2.75, 3.05) is 13.1 Å². The predicted molar refractivity (Wildman–Crippen MR) is 169 cm³/mol. The van der Waals surface area contributed by atoms with Crippen molar-refractivity contribution in [2.24, 2.45) is 0 Å². The Morgan fingerprint density at radius 2 is 1.73 bits per heavy atom. The van der Waals surface area contributed by atoms with Crippen LogP contribution in [0.1, 0.15) is 45.5 Å². The highest BCUT2D eigenvalue weighted by atomic mass is 16.5. The van der Waals surface area contributed by atoms with E-state index in [-0.39, 0.29) is 11.3 Å². The maximum Gasteiger partial charge on any atom is 0.405 e. The summed E-state index contributed by atoms with van der Waals surface area (Å²) < 4.78 is 6.11. The van der Waals surface area contributed by atoms with Gasteiger partial charge in [0.2, 0.25) is 5.56 Å². The summed E-state index contributed by atoms with van der Waals surface area (Å²) in [5, 5.41) is 36.7. The molecule has 1 aromatic heterocycles. The zero-order valence-corrected chi connectivity index (χ0v) is 24.3. The number of amides is 1. The lowest BCUT2D eigenvalue weighted by Gasteiger charge is -2.19. The zero-order valence-electron chi connectivity index (χ0n) is 24.3. The number of hydrogen-bond donors (Lipinski definition) is 6. The van der Waals surface area contributed by atoms with Crippen molar-refractivity contribution in [3.8, 4) is 11.5 Å². The van der Waals surface area contributed by atoms with Gasteiger partial charge >= 0.3 is 6.09 Å². The summed E-state index contributed by atoms with van der Waals surface area (Å²) in [4.78, 5) is 25.7. The minimum absolute atomic E-state index is 0.0379. The minimum Gasteiger partial charge on any atom is -0.506 e. The average molecular weight is 594 g/mol. The second-order valence-electron chi connectivity index (χ2n) is 10.7. The number of ether oxygens (including phenoxy) is 1. The quantitative estimate of drug-likeness (QED) is 0.107. The van der Waals surface area contributed by atoms with Crippen molar-refractivity contribution in [1.29, 1.82) is 0 Å². The Kier molecular flexibility index (Phi) is 9.59. The number of carboxylic acid groups (broad SMARTS) is 1. The number of phenolic OH excluding ortho intramolecular Hbond substituents is 1. The van der Waals surface area contributed by atoms with Crippen LogP contribution in [0.15, 0.2) is 102 Å². The molecular formula is C35H35N3O6. The number of aromatic nitrogens is 1. The van der Waals surface area contributed by atoms with Crippen LogP contribution in [0.25, 0.3) is 10.9 Å².